The Kier molecular flexibility index (Phi) is 12.8. The number of H-pyrrole nitrogens is 1. The molecule has 180 valence electrons. The average molecular weight is 489 g/mol. The largest absolute Gasteiger partial charge is 0.480 e. The molecular formula is C19H32N6O5S2. The monoisotopic (exact) mass is 488 g/mol. The standard InChI is InChI=1S/C19H32N6O5S2/c1-11(16(26)25-15(19(29)30)8-12-9-21-10-22-12)23-18(28)14(5-7-32-3)24-17(27)13(20)4-6-31-2/h9-11,13-15H,4-8,20H2,1-3H3,(H,21,22)(H,23,28)(H,24,27)(H,25,26)(H,29,30). The smallest absolute Gasteiger partial charge is 0.326 e. The Morgan fingerprint density at radius 3 is 2.22 bits per heavy atom. The van der Waals surface area contributed by atoms with Gasteiger partial charge in [0.25, 0.3) is 0 Å². The van der Waals surface area contributed by atoms with E-state index in [1.807, 2.05) is 12.5 Å². The molecule has 0 aromatic carbocycles. The summed E-state index contributed by atoms with van der Waals surface area (Å²) in [4.78, 5) is 55.6. The molecule has 0 saturated carbocycles. The normalized spacial score (nSPS) is 14.6. The summed E-state index contributed by atoms with van der Waals surface area (Å²) in [5.41, 5.74) is 6.43. The van der Waals surface area contributed by atoms with Crippen LogP contribution in [0.15, 0.2) is 12.5 Å². The topological polar surface area (TPSA) is 179 Å². The molecule has 32 heavy (non-hydrogen) atoms. The van der Waals surface area contributed by atoms with Crippen LogP contribution in [0.3, 0.4) is 0 Å². The fourth-order valence-electron chi connectivity index (χ4n) is 2.65. The molecule has 1 aromatic heterocycles. The third-order valence-corrected chi connectivity index (χ3v) is 5.85. The fraction of sp³-hybridized carbons (Fsp3) is 0.632. The van der Waals surface area contributed by atoms with Crippen LogP contribution < -0.4 is 21.7 Å². The van der Waals surface area contributed by atoms with Crippen LogP contribution in [0.5, 0.6) is 0 Å². The summed E-state index contributed by atoms with van der Waals surface area (Å²) >= 11 is 3.09. The van der Waals surface area contributed by atoms with Crippen molar-refractivity contribution >= 4 is 47.2 Å². The molecule has 7 N–H and O–H groups in total. The van der Waals surface area contributed by atoms with Crippen LogP contribution in [0.1, 0.15) is 25.5 Å². The van der Waals surface area contributed by atoms with Gasteiger partial charge in [0.1, 0.15) is 18.1 Å². The molecule has 1 heterocycles. The lowest BCUT2D eigenvalue weighted by Gasteiger charge is -2.23. The zero-order chi connectivity index (χ0) is 24.1. The van der Waals surface area contributed by atoms with Gasteiger partial charge in [0.2, 0.25) is 17.7 Å². The summed E-state index contributed by atoms with van der Waals surface area (Å²) in [6.45, 7) is 1.44. The number of hydrogen-bond acceptors (Lipinski definition) is 8. The number of aromatic amines is 1. The second-order valence-electron chi connectivity index (χ2n) is 7.14. The lowest BCUT2D eigenvalue weighted by molar-refractivity contribution is -0.142. The summed E-state index contributed by atoms with van der Waals surface area (Å²) < 4.78 is 0. The molecule has 0 aliphatic carbocycles. The van der Waals surface area contributed by atoms with E-state index in [1.165, 1.54) is 31.2 Å². The number of thioether (sulfide) groups is 2. The first-order chi connectivity index (χ1) is 15.2. The molecule has 4 atom stereocenters. The maximum atomic E-state index is 12.7. The van der Waals surface area contributed by atoms with Gasteiger partial charge in [0.15, 0.2) is 0 Å². The molecular weight excluding hydrogens is 456 g/mol. The number of nitrogens with zero attached hydrogens (tertiary/aromatic N) is 1. The molecule has 0 bridgehead atoms. The van der Waals surface area contributed by atoms with E-state index in [2.05, 4.69) is 25.9 Å². The number of aromatic nitrogens is 2. The Bertz CT molecular complexity index is 749. The molecule has 1 aromatic rings. The molecule has 11 nitrogen and oxygen atoms in total. The van der Waals surface area contributed by atoms with Crippen molar-refractivity contribution in [2.45, 2.75) is 50.4 Å². The van der Waals surface area contributed by atoms with Gasteiger partial charge in [0, 0.05) is 18.3 Å². The van der Waals surface area contributed by atoms with Gasteiger partial charge in [0.05, 0.1) is 12.4 Å². The number of aliphatic carboxylic acids is 1. The van der Waals surface area contributed by atoms with E-state index in [4.69, 9.17) is 5.73 Å². The second-order valence-corrected chi connectivity index (χ2v) is 9.11. The van der Waals surface area contributed by atoms with Gasteiger partial charge >= 0.3 is 5.97 Å². The first-order valence-electron chi connectivity index (χ1n) is 10.0. The lowest BCUT2D eigenvalue weighted by Crippen LogP contribution is -2.56. The fourth-order valence-corrected chi connectivity index (χ4v) is 3.61. The van der Waals surface area contributed by atoms with Gasteiger partial charge in [-0.25, -0.2) is 9.78 Å². The Labute approximate surface area is 195 Å². The molecule has 1 rings (SSSR count). The Morgan fingerprint density at radius 1 is 1.03 bits per heavy atom. The zero-order valence-corrected chi connectivity index (χ0v) is 20.1. The summed E-state index contributed by atoms with van der Waals surface area (Å²) in [7, 11) is 0. The van der Waals surface area contributed by atoms with E-state index >= 15 is 0 Å². The number of amides is 3. The predicted octanol–water partition coefficient (Wildman–Crippen LogP) is -0.655. The number of nitrogens with one attached hydrogen (secondary N) is 4. The first-order valence-corrected chi connectivity index (χ1v) is 12.8. The number of rotatable bonds is 15. The lowest BCUT2D eigenvalue weighted by atomic mass is 10.1. The van der Waals surface area contributed by atoms with Gasteiger partial charge in [-0.1, -0.05) is 0 Å². The quantitative estimate of drug-likeness (QED) is 0.187. The van der Waals surface area contributed by atoms with Crippen molar-refractivity contribution < 1.29 is 24.3 Å². The van der Waals surface area contributed by atoms with Crippen LogP contribution in [0.2, 0.25) is 0 Å². The van der Waals surface area contributed by atoms with Crippen LogP contribution >= 0.6 is 23.5 Å². The van der Waals surface area contributed by atoms with E-state index in [0.29, 0.717) is 24.3 Å². The summed E-state index contributed by atoms with van der Waals surface area (Å²) in [6.07, 6.45) is 7.53. The number of nitrogens with two attached hydrogens (primary N) is 1. The highest BCUT2D eigenvalue weighted by atomic mass is 32.2. The first kappa shape index (κ1) is 27.8. The number of carbonyl (C=O) groups is 4. The van der Waals surface area contributed by atoms with Gasteiger partial charge in [-0.3, -0.25) is 14.4 Å². The minimum atomic E-state index is -1.21. The van der Waals surface area contributed by atoms with Crippen molar-refractivity contribution in [1.82, 2.24) is 25.9 Å². The third kappa shape index (κ3) is 9.92. The Morgan fingerprint density at radius 2 is 1.66 bits per heavy atom. The maximum absolute atomic E-state index is 12.7. The molecule has 0 saturated heterocycles. The Hall–Kier alpha value is -2.25. The molecule has 0 spiro atoms. The third-order valence-electron chi connectivity index (χ3n) is 4.56. The zero-order valence-electron chi connectivity index (χ0n) is 18.4. The van der Waals surface area contributed by atoms with Crippen LogP contribution in [-0.4, -0.2) is 86.9 Å². The van der Waals surface area contributed by atoms with E-state index in [0.717, 1.165) is 5.75 Å². The van der Waals surface area contributed by atoms with E-state index in [1.54, 1.807) is 11.8 Å². The van der Waals surface area contributed by atoms with Gasteiger partial charge in [-0.15, -0.1) is 0 Å². The summed E-state index contributed by atoms with van der Waals surface area (Å²) in [5.74, 6) is -1.50. The van der Waals surface area contributed by atoms with Crippen LogP contribution in [-0.2, 0) is 25.6 Å². The van der Waals surface area contributed by atoms with Gasteiger partial charge in [-0.2, -0.15) is 23.5 Å². The van der Waals surface area contributed by atoms with Gasteiger partial charge < -0.3 is 31.8 Å². The average Bonchev–Trinajstić information content (AvgIpc) is 3.26. The molecule has 3 amide bonds. The highest BCUT2D eigenvalue weighted by Crippen LogP contribution is 2.05. The molecule has 0 fully saturated rings. The number of carboxylic acid groups (broad SMARTS) is 1. The summed E-state index contributed by atoms with van der Waals surface area (Å²) in [6, 6.07) is -3.79. The van der Waals surface area contributed by atoms with Crippen LogP contribution in [0.25, 0.3) is 0 Å². The molecule has 0 aliphatic rings. The van der Waals surface area contributed by atoms with E-state index in [9.17, 15) is 24.3 Å². The predicted molar refractivity (Wildman–Crippen MR) is 125 cm³/mol. The van der Waals surface area contributed by atoms with Crippen molar-refractivity contribution in [1.29, 1.82) is 0 Å². The summed E-state index contributed by atoms with van der Waals surface area (Å²) in [5, 5.41) is 17.0. The molecule has 0 radical (unpaired) electrons. The van der Waals surface area contributed by atoms with E-state index in [-0.39, 0.29) is 6.42 Å². The number of carbonyl (C=O) groups excluding carboxylic acids is 3. The molecule has 4 unspecified atom stereocenters. The highest BCUT2D eigenvalue weighted by molar-refractivity contribution is 7.98. The maximum Gasteiger partial charge on any atom is 0.326 e. The minimum Gasteiger partial charge on any atom is -0.480 e. The van der Waals surface area contributed by atoms with Gasteiger partial charge in [-0.05, 0) is 43.8 Å². The van der Waals surface area contributed by atoms with Crippen LogP contribution in [0, 0.1) is 0 Å². The second kappa shape index (κ2) is 14.7. The van der Waals surface area contributed by atoms with Crippen molar-refractivity contribution in [3.8, 4) is 0 Å². The van der Waals surface area contributed by atoms with E-state index < -0.39 is 47.9 Å². The molecule has 0 aliphatic heterocycles. The number of imidazole rings is 1. The van der Waals surface area contributed by atoms with Crippen molar-refractivity contribution in [3.05, 3.63) is 18.2 Å². The van der Waals surface area contributed by atoms with Crippen molar-refractivity contribution in [3.63, 3.8) is 0 Å². The number of hydrogen-bond donors (Lipinski definition) is 6. The minimum absolute atomic E-state index is 0.0160. The Balaban J connectivity index is 2.70. The van der Waals surface area contributed by atoms with Crippen LogP contribution in [0.4, 0.5) is 0 Å². The SMILES string of the molecule is CSCCC(N)C(=O)NC(CCSC)C(=O)NC(C)C(=O)NC(Cc1cnc[nH]1)C(=O)O. The van der Waals surface area contributed by atoms with Crippen molar-refractivity contribution in [2.24, 2.45) is 5.73 Å². The molecule has 13 heteroatoms. The highest BCUT2D eigenvalue weighted by Gasteiger charge is 2.28. The van der Waals surface area contributed by atoms with Crippen molar-refractivity contribution in [2.75, 3.05) is 24.0 Å². The number of carboxylic acids is 1.